The highest BCUT2D eigenvalue weighted by molar-refractivity contribution is 5.66. The van der Waals surface area contributed by atoms with Crippen molar-refractivity contribution in [3.05, 3.63) is 269 Å². The molecule has 0 saturated carbocycles. The Morgan fingerprint density at radius 2 is 0.638 bits per heavy atom. The fourth-order valence-electron chi connectivity index (χ4n) is 18.2. The summed E-state index contributed by atoms with van der Waals surface area (Å²) in [7, 11) is 0. The van der Waals surface area contributed by atoms with Gasteiger partial charge in [-0.15, -0.1) is 0 Å². The summed E-state index contributed by atoms with van der Waals surface area (Å²) in [5.41, 5.74) is 16.0. The van der Waals surface area contributed by atoms with E-state index in [1.54, 1.807) is 0 Å². The van der Waals surface area contributed by atoms with Crippen molar-refractivity contribution >= 4 is 86.4 Å². The maximum Gasteiger partial charge on any atom is 0.163 e. The van der Waals surface area contributed by atoms with Crippen LogP contribution in [-0.4, -0.2) is 225 Å². The molecule has 5 aliphatic rings. The van der Waals surface area contributed by atoms with E-state index in [1.165, 1.54) is 39.8 Å². The fraction of sp³-hybridized carbons (Fsp3) is 0.434. The molecule has 20 N–H and O–H groups in total. The molecule has 746 valence electrons. The van der Waals surface area contributed by atoms with Crippen LogP contribution >= 0.6 is 0 Å². The number of anilines is 10. The Labute approximate surface area is 825 Å². The lowest BCUT2D eigenvalue weighted by atomic mass is 10.1. The minimum Gasteiger partial charge on any atom is -0.395 e. The topological polar surface area (TPSA) is 433 Å². The van der Waals surface area contributed by atoms with E-state index in [1.807, 2.05) is 157 Å². The van der Waals surface area contributed by atoms with Crippen molar-refractivity contribution in [1.29, 1.82) is 0 Å². The quantitative estimate of drug-likeness (QED) is 0.0175. The number of hydrogen-bond donors (Lipinski definition) is 20. The number of nitrogens with zero attached hydrogens (tertiary/aromatic N) is 15. The lowest BCUT2D eigenvalue weighted by Crippen LogP contribution is -2.39. The monoisotopic (exact) mass is 1920 g/mol. The fourth-order valence-corrected chi connectivity index (χ4v) is 18.2. The summed E-state index contributed by atoms with van der Waals surface area (Å²) in [6, 6.07) is 62.5. The molecular formula is C106H142N30O5. The second-order valence-corrected chi connectivity index (χ2v) is 39.1. The smallest absolute Gasteiger partial charge is 0.163 e. The van der Waals surface area contributed by atoms with Crippen LogP contribution in [0.3, 0.4) is 0 Å². The molecule has 35 nitrogen and oxygen atoms in total. The van der Waals surface area contributed by atoms with Gasteiger partial charge in [0.1, 0.15) is 58.2 Å². The third-order valence-electron chi connectivity index (χ3n) is 26.4. The maximum atomic E-state index is 10.1. The molecule has 20 rings (SSSR count). The van der Waals surface area contributed by atoms with Crippen molar-refractivity contribution in [1.82, 2.24) is 99.6 Å². The third kappa shape index (κ3) is 26.5. The second-order valence-electron chi connectivity index (χ2n) is 39.1. The van der Waals surface area contributed by atoms with Crippen LogP contribution in [0.2, 0.25) is 0 Å². The summed E-state index contributed by atoms with van der Waals surface area (Å²) >= 11 is 0. The Morgan fingerprint density at radius 1 is 0.326 bits per heavy atom. The van der Waals surface area contributed by atoms with Crippen LogP contribution in [0.25, 0.3) is 28.2 Å². The average molecular weight is 1920 g/mol. The van der Waals surface area contributed by atoms with Crippen LogP contribution in [0.15, 0.2) is 213 Å². The van der Waals surface area contributed by atoms with E-state index in [9.17, 15) is 25.5 Å². The highest BCUT2D eigenvalue weighted by Gasteiger charge is 2.34. The van der Waals surface area contributed by atoms with Gasteiger partial charge in [0, 0.05) is 161 Å². The van der Waals surface area contributed by atoms with E-state index < -0.39 is 12.2 Å². The van der Waals surface area contributed by atoms with Gasteiger partial charge in [-0.1, -0.05) is 228 Å². The Bertz CT molecular complexity index is 6290. The lowest BCUT2D eigenvalue weighted by Gasteiger charge is -2.18. The van der Waals surface area contributed by atoms with Gasteiger partial charge in [-0.3, -0.25) is 0 Å². The summed E-state index contributed by atoms with van der Waals surface area (Å²) in [5, 5.41) is 123. The molecule has 0 spiro atoms. The van der Waals surface area contributed by atoms with Gasteiger partial charge < -0.3 is 105 Å². The zero-order valence-corrected chi connectivity index (χ0v) is 82.8. The number of aromatic nitrogens is 15. The number of aliphatic hydroxyl groups excluding tert-OH is 5. The zero-order chi connectivity index (χ0) is 98.4. The molecule has 10 aromatic heterocycles. The van der Waals surface area contributed by atoms with E-state index in [0.29, 0.717) is 93.8 Å². The van der Waals surface area contributed by atoms with Gasteiger partial charge in [-0.25, -0.2) is 24.9 Å². The third-order valence-corrected chi connectivity index (χ3v) is 26.4. The Hall–Kier alpha value is -13.2. The standard InChI is InChI=1S/C22H30N6.C21H28N6O2.3C21H28N6O/c1-15(2)19-14-26-28-21(25-12-17-7-5-4-6-8-17)10-20(27-22(19)28)24-13-18-9-16(3)11-23-18;1-13(2)15-10-25-27-19(24-9-14-6-4-3-5-7-14)8-18(26-21(15)27)23-11-16-20(29)17(28)12-22-16;1-14(2)18-12-24-27-20(23-10-15-6-4-3-5-7-15)9-19(26-21(18)27)25-16-8-17(13-28)22-11-16;1-14(2)18-13-25-27-20(24-10-15-6-4-3-5-7-15)9-19(26-21(18)27)23-11-16-8-17(28)12-22-16;1-14(2)16-12-25-27-20(24-11-15-6-4-3-5-7-15)10-19(26-21(16)27)23-13-17-18(28)8-9-22-17/h4-8,10,14-16,18,23,25H,9,11-13H2,1-3H3,(H,24,27);3-8,10,13,16-17,20,22,24,28-29H,9,11-12H2,1-2H3,(H,23,26);3-7,9,12,14,16-17,22-23,28H,8,10-11,13H2,1-2H3,(H,25,26);3-7,9,13-14,16-17,22,24,28H,8,10-12H2,1-2H3,(H,23,26);3-7,10,12,14,17-18,22,24,28H,8-9,11,13H2,1-2H3,(H,23,26)/t16-,18+;16-,17+,20-;16-,17-;16-,17+;17-,18+/m11101/s1. The van der Waals surface area contributed by atoms with E-state index >= 15 is 0 Å². The predicted molar refractivity (Wildman–Crippen MR) is 563 cm³/mol. The molecule has 0 bridgehead atoms. The largest absolute Gasteiger partial charge is 0.395 e. The number of rotatable bonds is 35. The van der Waals surface area contributed by atoms with Crippen molar-refractivity contribution in [2.45, 2.75) is 225 Å². The summed E-state index contributed by atoms with van der Waals surface area (Å²) < 4.78 is 9.37. The first-order valence-electron chi connectivity index (χ1n) is 50.0. The van der Waals surface area contributed by atoms with Crippen molar-refractivity contribution in [3.63, 3.8) is 0 Å². The van der Waals surface area contributed by atoms with Gasteiger partial charge in [-0.05, 0) is 102 Å². The van der Waals surface area contributed by atoms with Crippen LogP contribution < -0.4 is 79.8 Å². The van der Waals surface area contributed by atoms with E-state index in [0.717, 1.165) is 167 Å². The van der Waals surface area contributed by atoms with Gasteiger partial charge in [0.15, 0.2) is 28.2 Å². The SMILES string of the molecule is CC(C)c1cnn2c(NCc3ccccc3)cc(NC[C@@H]3C[C@@H](C)CN3)nc12.CC(C)c1cnn2c(NCc3ccccc3)cc(NC[C@@H]3C[C@@H](O)CN3)nc12.CC(C)c1cnn2c(NCc3ccccc3)cc(NC[C@H]3NCC[C@@H]3O)nc12.CC(C)c1cnn2c(NCc3ccccc3)cc(NC[C@H]3NC[C@H](O)[C@@H]3O)nc12.CC(C)c1cnn2c(NCc3ccccc3)cc(N[C@H]3CN[C@@H](CO)C3)nc12. The van der Waals surface area contributed by atoms with Gasteiger partial charge in [0.2, 0.25) is 0 Å². The zero-order valence-electron chi connectivity index (χ0n) is 82.8. The Morgan fingerprint density at radius 3 is 0.922 bits per heavy atom. The van der Waals surface area contributed by atoms with Crippen molar-refractivity contribution < 1.29 is 25.5 Å². The maximum absolute atomic E-state index is 10.1. The minimum absolute atomic E-state index is 0.0493. The first-order chi connectivity index (χ1) is 68.5. The van der Waals surface area contributed by atoms with E-state index in [-0.39, 0.29) is 49.0 Å². The lowest BCUT2D eigenvalue weighted by molar-refractivity contribution is 0.0427. The molecule has 0 unspecified atom stereocenters. The molecule has 35 heteroatoms. The summed E-state index contributed by atoms with van der Waals surface area (Å²) in [6.07, 6.45) is 11.1. The highest BCUT2D eigenvalue weighted by atomic mass is 16.3. The number of β-amino-alcohol motifs (C(OH)–C–C–N with tert-alkyl or cyclic N) is 2. The molecule has 5 aromatic carbocycles. The van der Waals surface area contributed by atoms with Crippen LogP contribution in [-0.2, 0) is 32.7 Å². The first-order valence-corrected chi connectivity index (χ1v) is 50.0. The van der Waals surface area contributed by atoms with E-state index in [4.69, 9.17) is 24.9 Å². The Kier molecular flexibility index (Phi) is 34.5. The molecule has 0 aliphatic carbocycles. The Balaban J connectivity index is 0.000000127. The molecule has 5 aliphatic heterocycles. The number of fused-ring (bicyclic) bond motifs is 5. The predicted octanol–water partition coefficient (Wildman–Crippen LogP) is 13.2. The van der Waals surface area contributed by atoms with Gasteiger partial charge in [0.05, 0.1) is 74.1 Å². The van der Waals surface area contributed by atoms with Gasteiger partial charge >= 0.3 is 0 Å². The number of hydrogen-bond acceptors (Lipinski definition) is 30. The molecule has 15 heterocycles. The van der Waals surface area contributed by atoms with Crippen LogP contribution in [0.5, 0.6) is 0 Å². The van der Waals surface area contributed by atoms with Gasteiger partial charge in [0.25, 0.3) is 0 Å². The molecule has 11 atom stereocenters. The van der Waals surface area contributed by atoms with Crippen molar-refractivity contribution in [2.75, 3.05) is 119 Å². The van der Waals surface area contributed by atoms with Crippen LogP contribution in [0.4, 0.5) is 58.2 Å². The summed E-state index contributed by atoms with van der Waals surface area (Å²) in [4.78, 5) is 24.1. The number of nitrogens with one attached hydrogen (secondary N) is 15. The van der Waals surface area contributed by atoms with Crippen LogP contribution in [0, 0.1) is 5.92 Å². The highest BCUT2D eigenvalue weighted by Crippen LogP contribution is 2.33. The van der Waals surface area contributed by atoms with Crippen LogP contribution in [0.1, 0.15) is 187 Å². The molecule has 141 heavy (non-hydrogen) atoms. The molecule has 0 amide bonds. The van der Waals surface area contributed by atoms with Crippen molar-refractivity contribution in [2.24, 2.45) is 5.92 Å². The molecule has 5 saturated heterocycles. The number of benzene rings is 5. The molecule has 5 fully saturated rings. The minimum atomic E-state index is -0.789. The average Bonchev–Trinajstić information content (AvgIpc) is 1.70. The second kappa shape index (κ2) is 48.3. The first kappa shape index (κ1) is 101. The molecule has 15 aromatic rings. The van der Waals surface area contributed by atoms with Crippen molar-refractivity contribution in [3.8, 4) is 0 Å². The molecule has 0 radical (unpaired) electrons. The van der Waals surface area contributed by atoms with E-state index in [2.05, 4.69) is 260 Å². The summed E-state index contributed by atoms with van der Waals surface area (Å²) in [6.45, 7) is 34.1. The molecular weight excluding hydrogens is 1770 g/mol. The van der Waals surface area contributed by atoms with Gasteiger partial charge in [-0.2, -0.15) is 48.1 Å². The normalized spacial score (nSPS) is 19.9. The summed E-state index contributed by atoms with van der Waals surface area (Å²) in [5.74, 6) is 11.0. The number of aliphatic hydroxyl groups is 5.